The number of aliphatic carboxylic acids is 1. The van der Waals surface area contributed by atoms with Crippen molar-refractivity contribution in [3.63, 3.8) is 0 Å². The second-order valence-corrected chi connectivity index (χ2v) is 6.11. The van der Waals surface area contributed by atoms with Gasteiger partial charge in [-0.05, 0) is 24.8 Å². The lowest BCUT2D eigenvalue weighted by atomic mass is 10.0. The van der Waals surface area contributed by atoms with Crippen molar-refractivity contribution in [2.75, 3.05) is 6.54 Å². The maximum atomic E-state index is 12.0. The van der Waals surface area contributed by atoms with Crippen molar-refractivity contribution in [3.05, 3.63) is 35.4 Å². The van der Waals surface area contributed by atoms with Crippen molar-refractivity contribution < 1.29 is 19.5 Å². The van der Waals surface area contributed by atoms with Crippen LogP contribution in [0.25, 0.3) is 0 Å². The summed E-state index contributed by atoms with van der Waals surface area (Å²) < 4.78 is 0. The van der Waals surface area contributed by atoms with Crippen LogP contribution in [0.1, 0.15) is 31.4 Å². The fourth-order valence-corrected chi connectivity index (χ4v) is 2.09. The first-order valence-electron chi connectivity index (χ1n) is 7.87. The Kier molecular flexibility index (Phi) is 7.74. The number of aryl methyl sites for hydroxylation is 1. The van der Waals surface area contributed by atoms with E-state index >= 15 is 0 Å². The Hall–Kier alpha value is -2.57. The van der Waals surface area contributed by atoms with E-state index in [9.17, 15) is 14.4 Å². The number of hydrogen-bond donors (Lipinski definition) is 4. The van der Waals surface area contributed by atoms with Crippen LogP contribution in [0, 0.1) is 12.8 Å². The highest BCUT2D eigenvalue weighted by atomic mass is 16.4. The fourth-order valence-electron chi connectivity index (χ4n) is 2.09. The molecular formula is C17H25N3O4. The van der Waals surface area contributed by atoms with E-state index in [1.165, 1.54) is 0 Å². The third-order valence-electron chi connectivity index (χ3n) is 3.32. The summed E-state index contributed by atoms with van der Waals surface area (Å²) in [5.41, 5.74) is 2.08. The van der Waals surface area contributed by atoms with E-state index in [-0.39, 0.29) is 5.92 Å². The molecule has 3 amide bonds. The Morgan fingerprint density at radius 1 is 1.08 bits per heavy atom. The highest BCUT2D eigenvalue weighted by molar-refractivity contribution is 5.88. The second-order valence-electron chi connectivity index (χ2n) is 6.11. The van der Waals surface area contributed by atoms with Gasteiger partial charge in [-0.1, -0.05) is 43.7 Å². The minimum atomic E-state index is -1.13. The van der Waals surface area contributed by atoms with E-state index in [2.05, 4.69) is 16.0 Å². The van der Waals surface area contributed by atoms with E-state index in [0.29, 0.717) is 13.0 Å². The smallest absolute Gasteiger partial charge is 0.322 e. The number of urea groups is 1. The lowest BCUT2D eigenvalue weighted by molar-refractivity contribution is -0.138. The third kappa shape index (κ3) is 7.62. The van der Waals surface area contributed by atoms with E-state index in [1.807, 2.05) is 45.0 Å². The Morgan fingerprint density at radius 2 is 1.71 bits per heavy atom. The molecule has 0 fully saturated rings. The Labute approximate surface area is 141 Å². The van der Waals surface area contributed by atoms with Gasteiger partial charge in [-0.25, -0.2) is 4.79 Å². The highest BCUT2D eigenvalue weighted by Gasteiger charge is 2.22. The summed E-state index contributed by atoms with van der Waals surface area (Å²) >= 11 is 0. The first-order chi connectivity index (χ1) is 11.3. The largest absolute Gasteiger partial charge is 0.480 e. The van der Waals surface area contributed by atoms with Crippen LogP contribution in [0.4, 0.5) is 4.79 Å². The SMILES string of the molecule is Cc1ccc(CNC(=O)NC(CC(C)C)C(=O)NCC(=O)O)cc1. The van der Waals surface area contributed by atoms with Gasteiger partial charge in [0.25, 0.3) is 0 Å². The molecule has 0 spiro atoms. The number of rotatable bonds is 8. The van der Waals surface area contributed by atoms with Gasteiger partial charge in [0.15, 0.2) is 0 Å². The van der Waals surface area contributed by atoms with Crippen molar-refractivity contribution >= 4 is 17.9 Å². The Bertz CT molecular complexity index is 570. The number of carboxylic acid groups (broad SMARTS) is 1. The summed E-state index contributed by atoms with van der Waals surface area (Å²) in [4.78, 5) is 34.6. The van der Waals surface area contributed by atoms with E-state index < -0.39 is 30.5 Å². The molecule has 0 heterocycles. The van der Waals surface area contributed by atoms with Crippen LogP contribution in [0.3, 0.4) is 0 Å². The summed E-state index contributed by atoms with van der Waals surface area (Å²) in [7, 11) is 0. The van der Waals surface area contributed by atoms with Gasteiger partial charge < -0.3 is 21.1 Å². The van der Waals surface area contributed by atoms with E-state index in [1.54, 1.807) is 0 Å². The molecule has 132 valence electrons. The summed E-state index contributed by atoms with van der Waals surface area (Å²) in [5.74, 6) is -1.46. The molecule has 4 N–H and O–H groups in total. The van der Waals surface area contributed by atoms with E-state index in [0.717, 1.165) is 11.1 Å². The van der Waals surface area contributed by atoms with Gasteiger partial charge in [-0.2, -0.15) is 0 Å². The van der Waals surface area contributed by atoms with Crippen molar-refractivity contribution in [1.29, 1.82) is 0 Å². The summed E-state index contributed by atoms with van der Waals surface area (Å²) in [6.07, 6.45) is 0.420. The first kappa shape index (κ1) is 19.5. The standard InChI is InChI=1S/C17H25N3O4/c1-11(2)8-14(16(23)18-10-15(21)22)20-17(24)19-9-13-6-4-12(3)5-7-13/h4-7,11,14H,8-10H2,1-3H3,(H,18,23)(H,21,22)(H2,19,20,24). The maximum Gasteiger partial charge on any atom is 0.322 e. The van der Waals surface area contributed by atoms with Gasteiger partial charge in [0.1, 0.15) is 12.6 Å². The molecule has 1 rings (SSSR count). The molecule has 1 atom stereocenters. The summed E-state index contributed by atoms with van der Waals surface area (Å²) in [5, 5.41) is 16.2. The third-order valence-corrected chi connectivity index (χ3v) is 3.32. The topological polar surface area (TPSA) is 108 Å². The van der Waals surface area contributed by atoms with Crippen molar-refractivity contribution in [3.8, 4) is 0 Å². The molecule has 7 heteroatoms. The number of benzene rings is 1. The molecule has 1 aromatic carbocycles. The quantitative estimate of drug-likeness (QED) is 0.576. The van der Waals surface area contributed by atoms with Gasteiger partial charge in [-0.15, -0.1) is 0 Å². The molecule has 24 heavy (non-hydrogen) atoms. The van der Waals surface area contributed by atoms with Crippen molar-refractivity contribution in [1.82, 2.24) is 16.0 Å². The highest BCUT2D eigenvalue weighted by Crippen LogP contribution is 2.05. The Balaban J connectivity index is 2.54. The molecule has 0 bridgehead atoms. The second kappa shape index (κ2) is 9.54. The number of carboxylic acids is 1. The maximum absolute atomic E-state index is 12.0. The molecule has 0 aliphatic carbocycles. The molecule has 0 aliphatic heterocycles. The van der Waals surface area contributed by atoms with Gasteiger partial charge in [-0.3, -0.25) is 9.59 Å². The zero-order chi connectivity index (χ0) is 18.1. The number of amides is 3. The predicted molar refractivity (Wildman–Crippen MR) is 90.4 cm³/mol. The van der Waals surface area contributed by atoms with Gasteiger partial charge in [0, 0.05) is 6.54 Å². The molecule has 0 saturated heterocycles. The van der Waals surface area contributed by atoms with E-state index in [4.69, 9.17) is 5.11 Å². The molecule has 0 aromatic heterocycles. The summed E-state index contributed by atoms with van der Waals surface area (Å²) in [6, 6.07) is 6.50. The summed E-state index contributed by atoms with van der Waals surface area (Å²) in [6.45, 7) is 5.69. The molecule has 1 unspecified atom stereocenters. The lowest BCUT2D eigenvalue weighted by Gasteiger charge is -2.20. The molecule has 1 aromatic rings. The van der Waals surface area contributed by atoms with Gasteiger partial charge in [0.05, 0.1) is 0 Å². The van der Waals surface area contributed by atoms with Crippen LogP contribution in [0.2, 0.25) is 0 Å². The van der Waals surface area contributed by atoms with Crippen molar-refractivity contribution in [2.45, 2.75) is 39.8 Å². The van der Waals surface area contributed by atoms with Crippen LogP contribution in [-0.4, -0.2) is 35.6 Å². The zero-order valence-corrected chi connectivity index (χ0v) is 14.3. The molecule has 0 saturated carbocycles. The fraction of sp³-hybridized carbons (Fsp3) is 0.471. The first-order valence-corrected chi connectivity index (χ1v) is 7.87. The molecule has 7 nitrogen and oxygen atoms in total. The van der Waals surface area contributed by atoms with Crippen LogP contribution in [-0.2, 0) is 16.1 Å². The average molecular weight is 335 g/mol. The average Bonchev–Trinajstić information content (AvgIpc) is 2.51. The Morgan fingerprint density at radius 3 is 2.25 bits per heavy atom. The number of nitrogens with one attached hydrogen (secondary N) is 3. The minimum Gasteiger partial charge on any atom is -0.480 e. The predicted octanol–water partition coefficient (Wildman–Crippen LogP) is 1.41. The molecule has 0 aliphatic rings. The number of hydrogen-bond acceptors (Lipinski definition) is 3. The van der Waals surface area contributed by atoms with Crippen LogP contribution in [0.15, 0.2) is 24.3 Å². The lowest BCUT2D eigenvalue weighted by Crippen LogP contribution is -2.51. The monoisotopic (exact) mass is 335 g/mol. The van der Waals surface area contributed by atoms with Crippen LogP contribution >= 0.6 is 0 Å². The van der Waals surface area contributed by atoms with Crippen LogP contribution in [0.5, 0.6) is 0 Å². The molecule has 0 radical (unpaired) electrons. The number of carbonyl (C=O) groups is 3. The van der Waals surface area contributed by atoms with Crippen LogP contribution < -0.4 is 16.0 Å². The zero-order valence-electron chi connectivity index (χ0n) is 14.3. The van der Waals surface area contributed by atoms with Gasteiger partial charge >= 0.3 is 12.0 Å². The van der Waals surface area contributed by atoms with Crippen molar-refractivity contribution in [2.24, 2.45) is 5.92 Å². The molecular weight excluding hydrogens is 310 g/mol. The van der Waals surface area contributed by atoms with Gasteiger partial charge in [0.2, 0.25) is 5.91 Å². The minimum absolute atomic E-state index is 0.169. The number of carbonyl (C=O) groups excluding carboxylic acids is 2. The normalized spacial score (nSPS) is 11.7.